The van der Waals surface area contributed by atoms with Crippen LogP contribution in [-0.4, -0.2) is 11.4 Å². The van der Waals surface area contributed by atoms with Crippen LogP contribution in [0.25, 0.3) is 0 Å². The summed E-state index contributed by atoms with van der Waals surface area (Å²) >= 11 is 1.72. The zero-order chi connectivity index (χ0) is 12.1. The molecule has 1 aromatic carbocycles. The topological polar surface area (TPSA) is 45.4 Å². The third-order valence-corrected chi connectivity index (χ3v) is 3.17. The normalized spacial score (nSPS) is 10.5. The Morgan fingerprint density at radius 1 is 1.12 bits per heavy atom. The summed E-state index contributed by atoms with van der Waals surface area (Å²) in [6.07, 6.45) is 2.06. The first-order valence-electron chi connectivity index (χ1n) is 5.38. The highest BCUT2D eigenvalue weighted by molar-refractivity contribution is 7.98. The molecule has 1 heterocycles. The number of anilines is 1. The van der Waals surface area contributed by atoms with Crippen LogP contribution in [0, 0.1) is 0 Å². The molecule has 0 fully saturated rings. The number of furan rings is 1. The number of hydrogen-bond acceptors (Lipinski definition) is 4. The third-order valence-electron chi connectivity index (χ3n) is 2.43. The monoisotopic (exact) mass is 249 g/mol. The predicted octanol–water partition coefficient (Wildman–Crippen LogP) is 3.11. The molecule has 0 saturated carbocycles. The molecule has 0 aliphatic heterocycles. The zero-order valence-corrected chi connectivity index (χ0v) is 10.5. The zero-order valence-electron chi connectivity index (χ0n) is 9.64. The summed E-state index contributed by atoms with van der Waals surface area (Å²) in [4.78, 5) is 1.25. The van der Waals surface area contributed by atoms with Crippen molar-refractivity contribution in [3.05, 3.63) is 47.9 Å². The second kappa shape index (κ2) is 5.80. The van der Waals surface area contributed by atoms with Crippen molar-refractivity contribution in [2.45, 2.75) is 18.0 Å². The van der Waals surface area contributed by atoms with E-state index < -0.39 is 0 Å². The van der Waals surface area contributed by atoms with Gasteiger partial charge in [0, 0.05) is 10.6 Å². The summed E-state index contributed by atoms with van der Waals surface area (Å²) in [6.45, 7) is 0.570. The SMILES string of the molecule is CSc1ccc(NCc2ccc(CO)o2)cc1. The number of thioether (sulfide) groups is 1. The Morgan fingerprint density at radius 3 is 2.41 bits per heavy atom. The average Bonchev–Trinajstić information content (AvgIpc) is 2.85. The predicted molar refractivity (Wildman–Crippen MR) is 70.2 cm³/mol. The highest BCUT2D eigenvalue weighted by Crippen LogP contribution is 2.18. The molecule has 0 saturated heterocycles. The minimum absolute atomic E-state index is 0.0532. The quantitative estimate of drug-likeness (QED) is 0.799. The van der Waals surface area contributed by atoms with Crippen LogP contribution in [0.2, 0.25) is 0 Å². The van der Waals surface area contributed by atoms with Crippen molar-refractivity contribution in [3.8, 4) is 0 Å². The van der Waals surface area contributed by atoms with Crippen molar-refractivity contribution in [1.82, 2.24) is 0 Å². The molecule has 1 aromatic heterocycles. The van der Waals surface area contributed by atoms with Crippen molar-refractivity contribution in [1.29, 1.82) is 0 Å². The lowest BCUT2D eigenvalue weighted by Gasteiger charge is -2.05. The second-order valence-corrected chi connectivity index (χ2v) is 4.49. The Hall–Kier alpha value is -1.39. The smallest absolute Gasteiger partial charge is 0.129 e. The van der Waals surface area contributed by atoms with Crippen LogP contribution < -0.4 is 5.32 Å². The van der Waals surface area contributed by atoms with Gasteiger partial charge < -0.3 is 14.8 Å². The molecule has 2 rings (SSSR count). The van der Waals surface area contributed by atoms with Gasteiger partial charge in [0.1, 0.15) is 18.1 Å². The summed E-state index contributed by atoms with van der Waals surface area (Å²) in [7, 11) is 0. The molecule has 0 unspecified atom stereocenters. The molecule has 0 spiro atoms. The van der Waals surface area contributed by atoms with Crippen LogP contribution in [0.3, 0.4) is 0 Å². The van der Waals surface area contributed by atoms with E-state index in [1.54, 1.807) is 17.8 Å². The maximum atomic E-state index is 8.88. The van der Waals surface area contributed by atoms with Crippen LogP contribution >= 0.6 is 11.8 Å². The van der Waals surface area contributed by atoms with Gasteiger partial charge in [0.2, 0.25) is 0 Å². The fourth-order valence-corrected chi connectivity index (χ4v) is 1.91. The summed E-state index contributed by atoms with van der Waals surface area (Å²) < 4.78 is 5.38. The molecular weight excluding hydrogens is 234 g/mol. The summed E-state index contributed by atoms with van der Waals surface area (Å²) in [5.41, 5.74) is 1.06. The lowest BCUT2D eigenvalue weighted by atomic mass is 10.3. The number of hydrogen-bond donors (Lipinski definition) is 2. The van der Waals surface area contributed by atoms with Crippen molar-refractivity contribution in [2.75, 3.05) is 11.6 Å². The van der Waals surface area contributed by atoms with E-state index in [1.807, 2.05) is 18.2 Å². The average molecular weight is 249 g/mol. The molecule has 0 amide bonds. The first-order valence-corrected chi connectivity index (χ1v) is 6.60. The highest BCUT2D eigenvalue weighted by Gasteiger charge is 2.00. The molecule has 0 bridgehead atoms. The minimum Gasteiger partial charge on any atom is -0.462 e. The van der Waals surface area contributed by atoms with Crippen LogP contribution in [-0.2, 0) is 13.2 Å². The van der Waals surface area contributed by atoms with E-state index in [0.717, 1.165) is 11.4 Å². The van der Waals surface area contributed by atoms with E-state index >= 15 is 0 Å². The first-order chi connectivity index (χ1) is 8.31. The van der Waals surface area contributed by atoms with E-state index in [4.69, 9.17) is 9.52 Å². The molecule has 0 aliphatic rings. The molecular formula is C13H15NO2S. The fraction of sp³-hybridized carbons (Fsp3) is 0.231. The number of nitrogens with one attached hydrogen (secondary N) is 1. The Balaban J connectivity index is 1.92. The molecule has 17 heavy (non-hydrogen) atoms. The van der Waals surface area contributed by atoms with Gasteiger partial charge in [-0.1, -0.05) is 0 Å². The molecule has 0 aliphatic carbocycles. The fourth-order valence-electron chi connectivity index (χ4n) is 1.50. The number of aliphatic hydroxyl groups is 1. The number of rotatable bonds is 5. The Bertz CT molecular complexity index is 465. The Labute approximate surface area is 105 Å². The van der Waals surface area contributed by atoms with E-state index in [1.165, 1.54) is 4.90 Å². The van der Waals surface area contributed by atoms with Gasteiger partial charge >= 0.3 is 0 Å². The van der Waals surface area contributed by atoms with Crippen LogP contribution in [0.5, 0.6) is 0 Å². The van der Waals surface area contributed by atoms with E-state index in [-0.39, 0.29) is 6.61 Å². The lowest BCUT2D eigenvalue weighted by molar-refractivity contribution is 0.244. The van der Waals surface area contributed by atoms with Crippen LogP contribution in [0.1, 0.15) is 11.5 Å². The largest absolute Gasteiger partial charge is 0.462 e. The number of aliphatic hydroxyl groups excluding tert-OH is 1. The maximum Gasteiger partial charge on any atom is 0.129 e. The van der Waals surface area contributed by atoms with Gasteiger partial charge in [-0.15, -0.1) is 11.8 Å². The number of benzene rings is 1. The molecule has 90 valence electrons. The van der Waals surface area contributed by atoms with Gasteiger partial charge in [-0.05, 0) is 42.7 Å². The second-order valence-electron chi connectivity index (χ2n) is 3.61. The van der Waals surface area contributed by atoms with Gasteiger partial charge in [0.25, 0.3) is 0 Å². The van der Waals surface area contributed by atoms with Crippen molar-refractivity contribution in [2.24, 2.45) is 0 Å². The highest BCUT2D eigenvalue weighted by atomic mass is 32.2. The van der Waals surface area contributed by atoms with Gasteiger partial charge in [0.05, 0.1) is 6.54 Å². The van der Waals surface area contributed by atoms with Gasteiger partial charge in [-0.3, -0.25) is 0 Å². The minimum atomic E-state index is -0.0532. The lowest BCUT2D eigenvalue weighted by Crippen LogP contribution is -1.97. The summed E-state index contributed by atoms with van der Waals surface area (Å²) in [5, 5.41) is 12.1. The molecule has 2 N–H and O–H groups in total. The molecule has 0 radical (unpaired) electrons. The molecule has 0 atom stereocenters. The standard InChI is InChI=1S/C13H15NO2S/c1-17-13-6-2-10(3-7-13)14-8-11-4-5-12(9-15)16-11/h2-7,14-15H,8-9H2,1H3. The summed E-state index contributed by atoms with van der Waals surface area (Å²) in [5.74, 6) is 1.42. The van der Waals surface area contributed by atoms with Gasteiger partial charge in [-0.2, -0.15) is 0 Å². The van der Waals surface area contributed by atoms with Gasteiger partial charge in [0.15, 0.2) is 0 Å². The van der Waals surface area contributed by atoms with Crippen molar-refractivity contribution >= 4 is 17.4 Å². The third kappa shape index (κ3) is 3.28. The first kappa shape index (κ1) is 12.1. The molecule has 2 aromatic rings. The van der Waals surface area contributed by atoms with E-state index in [9.17, 15) is 0 Å². The molecule has 3 nitrogen and oxygen atoms in total. The van der Waals surface area contributed by atoms with Crippen LogP contribution in [0.15, 0.2) is 45.7 Å². The van der Waals surface area contributed by atoms with Crippen molar-refractivity contribution < 1.29 is 9.52 Å². The van der Waals surface area contributed by atoms with Crippen LogP contribution in [0.4, 0.5) is 5.69 Å². The Kier molecular flexibility index (Phi) is 4.12. The summed E-state index contributed by atoms with van der Waals surface area (Å²) in [6, 6.07) is 11.9. The molecule has 4 heteroatoms. The maximum absolute atomic E-state index is 8.88. The van der Waals surface area contributed by atoms with E-state index in [2.05, 4.69) is 23.7 Å². The Morgan fingerprint density at radius 2 is 1.82 bits per heavy atom. The van der Waals surface area contributed by atoms with Gasteiger partial charge in [-0.25, -0.2) is 0 Å². The van der Waals surface area contributed by atoms with E-state index in [0.29, 0.717) is 12.3 Å². The van der Waals surface area contributed by atoms with Crippen molar-refractivity contribution in [3.63, 3.8) is 0 Å².